The van der Waals surface area contributed by atoms with Gasteiger partial charge >= 0.3 is 5.69 Å². The van der Waals surface area contributed by atoms with Crippen LogP contribution in [0, 0.1) is 13.8 Å². The molecule has 1 N–H and O–H groups in total. The zero-order chi connectivity index (χ0) is 12.6. The molecule has 1 aromatic carbocycles. The summed E-state index contributed by atoms with van der Waals surface area (Å²) in [6.45, 7) is 3.81. The molecule has 0 saturated heterocycles. The second-order valence-electron chi connectivity index (χ2n) is 4.13. The lowest BCUT2D eigenvalue weighted by Gasteiger charge is -2.13. The van der Waals surface area contributed by atoms with E-state index >= 15 is 0 Å². The molecule has 0 amide bonds. The fourth-order valence-corrected chi connectivity index (χ4v) is 1.97. The van der Waals surface area contributed by atoms with Crippen LogP contribution in [-0.2, 0) is 7.05 Å². The Morgan fingerprint density at radius 2 is 1.94 bits per heavy atom. The number of rotatable bonds is 1. The van der Waals surface area contributed by atoms with Crippen molar-refractivity contribution in [1.29, 1.82) is 0 Å². The van der Waals surface area contributed by atoms with Gasteiger partial charge < -0.3 is 5.11 Å². The van der Waals surface area contributed by atoms with Crippen LogP contribution in [0.5, 0.6) is 5.75 Å². The summed E-state index contributed by atoms with van der Waals surface area (Å²) in [5.74, 6) is 0.225. The monoisotopic (exact) mass is 230 g/mol. The van der Waals surface area contributed by atoms with Crippen LogP contribution in [0.1, 0.15) is 11.1 Å². The third kappa shape index (κ3) is 1.93. The summed E-state index contributed by atoms with van der Waals surface area (Å²) in [4.78, 5) is 15.3. The van der Waals surface area contributed by atoms with Crippen molar-refractivity contribution in [1.82, 2.24) is 9.55 Å². The number of aromatic nitrogens is 2. The van der Waals surface area contributed by atoms with Crippen LogP contribution in [0.3, 0.4) is 0 Å². The lowest BCUT2D eigenvalue weighted by molar-refractivity contribution is 0.475. The molecule has 88 valence electrons. The molecule has 0 bridgehead atoms. The van der Waals surface area contributed by atoms with Gasteiger partial charge in [0.1, 0.15) is 5.75 Å². The SMILES string of the molecule is Cc1cc(O)ccc1-c1c(C)cnc(=O)n1C. The first-order chi connectivity index (χ1) is 8.00. The first-order valence-electron chi connectivity index (χ1n) is 5.33. The Morgan fingerprint density at radius 3 is 2.59 bits per heavy atom. The molecule has 0 aliphatic heterocycles. The van der Waals surface area contributed by atoms with Gasteiger partial charge in [0.25, 0.3) is 0 Å². The van der Waals surface area contributed by atoms with E-state index in [0.717, 1.165) is 22.4 Å². The predicted molar refractivity (Wildman–Crippen MR) is 66.1 cm³/mol. The van der Waals surface area contributed by atoms with Crippen molar-refractivity contribution in [2.75, 3.05) is 0 Å². The molecule has 4 heteroatoms. The summed E-state index contributed by atoms with van der Waals surface area (Å²) < 4.78 is 1.52. The highest BCUT2D eigenvalue weighted by atomic mass is 16.3. The molecule has 1 heterocycles. The van der Waals surface area contributed by atoms with Crippen molar-refractivity contribution in [2.24, 2.45) is 7.05 Å². The lowest BCUT2D eigenvalue weighted by atomic mass is 10.0. The van der Waals surface area contributed by atoms with E-state index in [1.807, 2.05) is 19.9 Å². The van der Waals surface area contributed by atoms with Crippen molar-refractivity contribution >= 4 is 0 Å². The summed E-state index contributed by atoms with van der Waals surface area (Å²) in [5, 5.41) is 9.40. The number of aryl methyl sites for hydroxylation is 2. The van der Waals surface area contributed by atoms with E-state index in [1.165, 1.54) is 4.57 Å². The molecular weight excluding hydrogens is 216 g/mol. The van der Waals surface area contributed by atoms with Crippen molar-refractivity contribution in [3.8, 4) is 17.0 Å². The van der Waals surface area contributed by atoms with Crippen molar-refractivity contribution < 1.29 is 5.11 Å². The Bertz CT molecular complexity index is 630. The molecule has 0 unspecified atom stereocenters. The third-order valence-electron chi connectivity index (χ3n) is 2.83. The van der Waals surface area contributed by atoms with Crippen LogP contribution in [0.2, 0.25) is 0 Å². The molecule has 0 aliphatic carbocycles. The van der Waals surface area contributed by atoms with E-state index in [9.17, 15) is 9.90 Å². The fourth-order valence-electron chi connectivity index (χ4n) is 1.97. The number of phenolic OH excluding ortho intramolecular Hbond substituents is 1. The summed E-state index contributed by atoms with van der Waals surface area (Å²) >= 11 is 0. The molecule has 17 heavy (non-hydrogen) atoms. The lowest BCUT2D eigenvalue weighted by Crippen LogP contribution is -2.22. The smallest absolute Gasteiger partial charge is 0.347 e. The van der Waals surface area contributed by atoms with Crippen LogP contribution in [0.15, 0.2) is 29.2 Å². The minimum absolute atomic E-state index is 0.225. The first-order valence-corrected chi connectivity index (χ1v) is 5.33. The number of hydrogen-bond donors (Lipinski definition) is 1. The van der Waals surface area contributed by atoms with Crippen molar-refractivity contribution in [3.63, 3.8) is 0 Å². The largest absolute Gasteiger partial charge is 0.508 e. The molecule has 2 rings (SSSR count). The van der Waals surface area contributed by atoms with Crippen molar-refractivity contribution in [3.05, 3.63) is 46.0 Å². The maximum absolute atomic E-state index is 11.5. The Kier molecular flexibility index (Phi) is 2.71. The summed E-state index contributed by atoms with van der Waals surface area (Å²) in [6.07, 6.45) is 1.57. The fraction of sp³-hybridized carbons (Fsp3) is 0.231. The predicted octanol–water partition coefficient (Wildman–Crippen LogP) is 1.77. The molecule has 0 fully saturated rings. The van der Waals surface area contributed by atoms with Crippen LogP contribution < -0.4 is 5.69 Å². The minimum Gasteiger partial charge on any atom is -0.508 e. The van der Waals surface area contributed by atoms with Gasteiger partial charge in [-0.25, -0.2) is 9.78 Å². The molecule has 1 aromatic heterocycles. The van der Waals surface area contributed by atoms with E-state index < -0.39 is 0 Å². The van der Waals surface area contributed by atoms with Gasteiger partial charge in [0, 0.05) is 18.8 Å². The van der Waals surface area contributed by atoms with Gasteiger partial charge in [-0.2, -0.15) is 0 Å². The van der Waals surface area contributed by atoms with E-state index in [0.29, 0.717) is 0 Å². The molecule has 0 radical (unpaired) electrons. The Balaban J connectivity index is 2.77. The summed E-state index contributed by atoms with van der Waals surface area (Å²) in [6, 6.07) is 5.11. The number of phenols is 1. The molecule has 0 saturated carbocycles. The highest BCUT2D eigenvalue weighted by Gasteiger charge is 2.10. The Morgan fingerprint density at radius 1 is 1.24 bits per heavy atom. The Labute approximate surface area is 99.2 Å². The highest BCUT2D eigenvalue weighted by molar-refractivity contribution is 5.67. The molecule has 4 nitrogen and oxygen atoms in total. The number of hydrogen-bond acceptors (Lipinski definition) is 3. The second-order valence-corrected chi connectivity index (χ2v) is 4.13. The Hall–Kier alpha value is -2.10. The van der Waals surface area contributed by atoms with Gasteiger partial charge in [0.05, 0.1) is 5.69 Å². The van der Waals surface area contributed by atoms with Gasteiger partial charge in [-0.15, -0.1) is 0 Å². The van der Waals surface area contributed by atoms with Crippen molar-refractivity contribution in [2.45, 2.75) is 13.8 Å². The van der Waals surface area contributed by atoms with Gasteiger partial charge in [-0.05, 0) is 43.2 Å². The maximum Gasteiger partial charge on any atom is 0.347 e. The summed E-state index contributed by atoms with van der Waals surface area (Å²) in [7, 11) is 1.70. The van der Waals surface area contributed by atoms with E-state index in [-0.39, 0.29) is 11.4 Å². The zero-order valence-corrected chi connectivity index (χ0v) is 10.1. The number of aromatic hydroxyl groups is 1. The topological polar surface area (TPSA) is 55.1 Å². The van der Waals surface area contributed by atoms with Gasteiger partial charge in [-0.1, -0.05) is 0 Å². The van der Waals surface area contributed by atoms with Gasteiger partial charge in [0.2, 0.25) is 0 Å². The van der Waals surface area contributed by atoms with E-state index in [2.05, 4.69) is 4.98 Å². The van der Waals surface area contributed by atoms with Crippen LogP contribution in [0.4, 0.5) is 0 Å². The van der Waals surface area contributed by atoms with Gasteiger partial charge in [-0.3, -0.25) is 4.57 Å². The first kappa shape index (κ1) is 11.4. The third-order valence-corrected chi connectivity index (χ3v) is 2.83. The highest BCUT2D eigenvalue weighted by Crippen LogP contribution is 2.27. The van der Waals surface area contributed by atoms with Gasteiger partial charge in [0.15, 0.2) is 0 Å². The van der Waals surface area contributed by atoms with Crippen LogP contribution in [-0.4, -0.2) is 14.7 Å². The maximum atomic E-state index is 11.5. The summed E-state index contributed by atoms with van der Waals surface area (Å²) in [5.41, 5.74) is 3.35. The second kappa shape index (κ2) is 4.05. The molecular formula is C13H14N2O2. The van der Waals surface area contributed by atoms with Crippen LogP contribution in [0.25, 0.3) is 11.3 Å². The average Bonchev–Trinajstić information content (AvgIpc) is 2.27. The minimum atomic E-state index is -0.280. The normalized spacial score (nSPS) is 10.5. The van der Waals surface area contributed by atoms with E-state index in [4.69, 9.17) is 0 Å². The molecule has 0 atom stereocenters. The zero-order valence-electron chi connectivity index (χ0n) is 10.1. The standard InChI is InChI=1S/C13H14N2O2/c1-8-6-10(16)4-5-11(8)12-9(2)7-14-13(17)15(12)3/h4-7,16H,1-3H3. The van der Waals surface area contributed by atoms with E-state index in [1.54, 1.807) is 25.4 Å². The molecule has 2 aromatic rings. The number of benzene rings is 1. The molecule has 0 spiro atoms. The van der Waals surface area contributed by atoms with Crippen LogP contribution >= 0.6 is 0 Å². The number of nitrogens with zero attached hydrogens (tertiary/aromatic N) is 2. The quantitative estimate of drug-likeness (QED) is 0.812. The average molecular weight is 230 g/mol. The molecule has 0 aliphatic rings.